The lowest BCUT2D eigenvalue weighted by atomic mass is 10.2. The summed E-state index contributed by atoms with van der Waals surface area (Å²) < 4.78 is 37.8. The van der Waals surface area contributed by atoms with Gasteiger partial charge in [0, 0.05) is 24.4 Å². The number of hydrogen-bond donors (Lipinski definition) is 1. The van der Waals surface area contributed by atoms with E-state index in [4.69, 9.17) is 15.2 Å². The molecule has 2 aromatic rings. The lowest BCUT2D eigenvalue weighted by Crippen LogP contribution is -2.05. The summed E-state index contributed by atoms with van der Waals surface area (Å²) in [7, 11) is 1.53. The zero-order valence-corrected chi connectivity index (χ0v) is 11.8. The molecule has 21 heavy (non-hydrogen) atoms. The summed E-state index contributed by atoms with van der Waals surface area (Å²) >= 11 is 0. The van der Waals surface area contributed by atoms with Gasteiger partial charge in [-0.3, -0.25) is 4.98 Å². The number of nitrogens with two attached hydrogens (primary N) is 1. The smallest absolute Gasteiger partial charge is 0.191 e. The molecule has 2 N–H and O–H groups in total. The van der Waals surface area contributed by atoms with Crippen molar-refractivity contribution < 1.29 is 18.3 Å². The maximum Gasteiger partial charge on any atom is 0.191 e. The molecule has 0 saturated carbocycles. The molecular weight excluding hydrogens is 278 g/mol. The van der Waals surface area contributed by atoms with Crippen LogP contribution in [0.15, 0.2) is 24.3 Å². The van der Waals surface area contributed by atoms with E-state index >= 15 is 0 Å². The van der Waals surface area contributed by atoms with E-state index in [1.165, 1.54) is 7.11 Å². The van der Waals surface area contributed by atoms with Gasteiger partial charge in [0.05, 0.1) is 12.8 Å². The van der Waals surface area contributed by atoms with Crippen molar-refractivity contribution in [3.05, 3.63) is 52.9 Å². The first-order valence-corrected chi connectivity index (χ1v) is 6.36. The number of hydrogen-bond acceptors (Lipinski definition) is 4. The number of ether oxygens (including phenoxy) is 2. The van der Waals surface area contributed by atoms with Gasteiger partial charge in [-0.1, -0.05) is 0 Å². The third-order valence-corrected chi connectivity index (χ3v) is 2.87. The molecule has 0 aliphatic carbocycles. The van der Waals surface area contributed by atoms with Crippen LogP contribution in [-0.2, 0) is 13.2 Å². The molecule has 0 bridgehead atoms. The first kappa shape index (κ1) is 15.2. The fraction of sp³-hybridized carbons (Fsp3) is 0.267. The van der Waals surface area contributed by atoms with Crippen LogP contribution in [0.4, 0.5) is 8.78 Å². The molecule has 0 radical (unpaired) electrons. The van der Waals surface area contributed by atoms with Crippen LogP contribution in [0.3, 0.4) is 0 Å². The standard InChI is InChI=1S/C15H16F2N2O2/c1-9-3-12(20-2)6-11(19-9)8-21-15-13(16)4-10(7-18)5-14(15)17/h3-6H,7-8,18H2,1-2H3. The molecule has 1 heterocycles. The van der Waals surface area contributed by atoms with Gasteiger partial charge in [-0.25, -0.2) is 8.78 Å². The zero-order valence-electron chi connectivity index (χ0n) is 11.8. The molecule has 0 unspecified atom stereocenters. The normalized spacial score (nSPS) is 10.5. The summed E-state index contributed by atoms with van der Waals surface area (Å²) in [5, 5.41) is 0. The monoisotopic (exact) mass is 294 g/mol. The summed E-state index contributed by atoms with van der Waals surface area (Å²) in [6.07, 6.45) is 0. The van der Waals surface area contributed by atoms with Crippen LogP contribution < -0.4 is 15.2 Å². The van der Waals surface area contributed by atoms with E-state index in [1.54, 1.807) is 19.1 Å². The molecule has 0 atom stereocenters. The molecule has 0 spiro atoms. The third-order valence-electron chi connectivity index (χ3n) is 2.87. The Balaban J connectivity index is 2.18. The van der Waals surface area contributed by atoms with Crippen LogP contribution in [0.2, 0.25) is 0 Å². The lowest BCUT2D eigenvalue weighted by molar-refractivity contribution is 0.269. The molecule has 1 aromatic carbocycles. The quantitative estimate of drug-likeness (QED) is 0.921. The van der Waals surface area contributed by atoms with E-state index in [-0.39, 0.29) is 13.2 Å². The van der Waals surface area contributed by atoms with Gasteiger partial charge in [0.2, 0.25) is 0 Å². The Morgan fingerprint density at radius 3 is 2.38 bits per heavy atom. The molecule has 0 saturated heterocycles. The molecule has 0 aliphatic rings. The summed E-state index contributed by atoms with van der Waals surface area (Å²) in [6.45, 7) is 1.79. The Labute approximate surface area is 121 Å². The van der Waals surface area contributed by atoms with Crippen LogP contribution in [0.25, 0.3) is 0 Å². The van der Waals surface area contributed by atoms with Crippen LogP contribution in [0, 0.1) is 18.6 Å². The van der Waals surface area contributed by atoms with Crippen molar-refractivity contribution in [1.29, 1.82) is 0 Å². The van der Waals surface area contributed by atoms with E-state index in [0.29, 0.717) is 17.0 Å². The molecule has 0 fully saturated rings. The van der Waals surface area contributed by atoms with E-state index in [2.05, 4.69) is 4.98 Å². The van der Waals surface area contributed by atoms with Crippen molar-refractivity contribution in [2.45, 2.75) is 20.1 Å². The average molecular weight is 294 g/mol. The first-order valence-electron chi connectivity index (χ1n) is 6.36. The lowest BCUT2D eigenvalue weighted by Gasteiger charge is -2.10. The molecule has 4 nitrogen and oxygen atoms in total. The highest BCUT2D eigenvalue weighted by molar-refractivity contribution is 5.32. The first-order chi connectivity index (χ1) is 10.0. The van der Waals surface area contributed by atoms with Crippen molar-refractivity contribution in [2.75, 3.05) is 7.11 Å². The SMILES string of the molecule is COc1cc(C)nc(COc2c(F)cc(CN)cc2F)c1. The molecule has 0 aliphatic heterocycles. The Morgan fingerprint density at radius 1 is 1.14 bits per heavy atom. The second-order valence-electron chi connectivity index (χ2n) is 4.52. The highest BCUT2D eigenvalue weighted by atomic mass is 19.1. The number of pyridine rings is 1. The Hall–Kier alpha value is -2.21. The zero-order chi connectivity index (χ0) is 15.4. The highest BCUT2D eigenvalue weighted by Gasteiger charge is 2.13. The van der Waals surface area contributed by atoms with Gasteiger partial charge in [-0.15, -0.1) is 0 Å². The number of aryl methyl sites for hydroxylation is 1. The number of halogens is 2. The fourth-order valence-electron chi connectivity index (χ4n) is 1.91. The average Bonchev–Trinajstić information content (AvgIpc) is 2.45. The number of benzene rings is 1. The van der Waals surface area contributed by atoms with Gasteiger partial charge in [-0.2, -0.15) is 0 Å². The predicted octanol–water partition coefficient (Wildman–Crippen LogP) is 2.71. The van der Waals surface area contributed by atoms with Gasteiger partial charge < -0.3 is 15.2 Å². The summed E-state index contributed by atoms with van der Waals surface area (Å²) in [5.41, 5.74) is 6.97. The molecule has 6 heteroatoms. The maximum absolute atomic E-state index is 13.8. The van der Waals surface area contributed by atoms with Crippen LogP contribution in [0.5, 0.6) is 11.5 Å². The van der Waals surface area contributed by atoms with Crippen LogP contribution >= 0.6 is 0 Å². The molecule has 112 valence electrons. The molecule has 0 amide bonds. The minimum Gasteiger partial charge on any atom is -0.497 e. The number of nitrogens with zero attached hydrogens (tertiary/aromatic N) is 1. The third kappa shape index (κ3) is 3.66. The predicted molar refractivity (Wildman–Crippen MR) is 74.1 cm³/mol. The number of rotatable bonds is 5. The summed E-state index contributed by atoms with van der Waals surface area (Å²) in [6, 6.07) is 5.71. The topological polar surface area (TPSA) is 57.4 Å². The summed E-state index contributed by atoms with van der Waals surface area (Å²) in [5.74, 6) is -1.39. The van der Waals surface area contributed by atoms with Crippen molar-refractivity contribution in [2.24, 2.45) is 5.73 Å². The van der Waals surface area contributed by atoms with Gasteiger partial charge in [-0.05, 0) is 24.6 Å². The number of methoxy groups -OCH3 is 1. The molecule has 2 rings (SSSR count). The number of aromatic nitrogens is 1. The molecular formula is C15H16F2N2O2. The van der Waals surface area contributed by atoms with E-state index in [1.807, 2.05) is 0 Å². The van der Waals surface area contributed by atoms with Crippen molar-refractivity contribution >= 4 is 0 Å². The molecule has 1 aromatic heterocycles. The van der Waals surface area contributed by atoms with E-state index < -0.39 is 17.4 Å². The Kier molecular flexibility index (Phi) is 4.70. The fourth-order valence-corrected chi connectivity index (χ4v) is 1.91. The Morgan fingerprint density at radius 2 is 1.81 bits per heavy atom. The van der Waals surface area contributed by atoms with Crippen molar-refractivity contribution in [3.63, 3.8) is 0 Å². The minimum atomic E-state index is -0.782. The second kappa shape index (κ2) is 6.49. The van der Waals surface area contributed by atoms with Gasteiger partial charge >= 0.3 is 0 Å². The van der Waals surface area contributed by atoms with Gasteiger partial charge in [0.1, 0.15) is 12.4 Å². The van der Waals surface area contributed by atoms with Gasteiger partial charge in [0.15, 0.2) is 17.4 Å². The van der Waals surface area contributed by atoms with Crippen LogP contribution in [0.1, 0.15) is 17.0 Å². The maximum atomic E-state index is 13.8. The summed E-state index contributed by atoms with van der Waals surface area (Å²) in [4.78, 5) is 4.22. The van der Waals surface area contributed by atoms with Crippen molar-refractivity contribution in [3.8, 4) is 11.5 Å². The minimum absolute atomic E-state index is 0.0603. The van der Waals surface area contributed by atoms with Crippen LogP contribution in [-0.4, -0.2) is 12.1 Å². The highest BCUT2D eigenvalue weighted by Crippen LogP contribution is 2.24. The Bertz CT molecular complexity index is 625. The second-order valence-corrected chi connectivity index (χ2v) is 4.52. The van der Waals surface area contributed by atoms with Crippen molar-refractivity contribution in [1.82, 2.24) is 4.98 Å². The van der Waals surface area contributed by atoms with E-state index in [9.17, 15) is 8.78 Å². The van der Waals surface area contributed by atoms with E-state index in [0.717, 1.165) is 17.8 Å². The van der Waals surface area contributed by atoms with Gasteiger partial charge in [0.25, 0.3) is 0 Å². The largest absolute Gasteiger partial charge is 0.497 e.